The van der Waals surface area contributed by atoms with Crippen molar-refractivity contribution in [2.75, 3.05) is 12.4 Å². The number of carbonyl (C=O) groups excluding carboxylic acids is 1. The smallest absolute Gasteiger partial charge is 0.337 e. The Morgan fingerprint density at radius 3 is 2.76 bits per heavy atom. The molecule has 6 nitrogen and oxygen atoms in total. The number of aromatic carboxylic acids is 1. The van der Waals surface area contributed by atoms with Gasteiger partial charge in [0.2, 0.25) is 0 Å². The molecule has 1 heterocycles. The monoisotopic (exact) mass is 292 g/mol. The summed E-state index contributed by atoms with van der Waals surface area (Å²) < 4.78 is 18.1. The minimum atomic E-state index is -1.25. The topological polar surface area (TPSA) is 82.8 Å². The highest BCUT2D eigenvalue weighted by Gasteiger charge is 2.16. The van der Waals surface area contributed by atoms with E-state index >= 15 is 0 Å². The number of hydrogen-bond donors (Lipinski definition) is 2. The van der Waals surface area contributed by atoms with Crippen LogP contribution in [0.4, 0.5) is 14.9 Å². The van der Waals surface area contributed by atoms with Gasteiger partial charge in [-0.3, -0.25) is 0 Å². The van der Waals surface area contributed by atoms with Crippen molar-refractivity contribution in [2.45, 2.75) is 6.54 Å². The van der Waals surface area contributed by atoms with Crippen molar-refractivity contribution in [3.63, 3.8) is 0 Å². The molecule has 7 heteroatoms. The summed E-state index contributed by atoms with van der Waals surface area (Å²) in [5.74, 6) is -1.88. The molecule has 2 rings (SSSR count). The molecule has 0 unspecified atom stereocenters. The van der Waals surface area contributed by atoms with Crippen LogP contribution in [0.15, 0.2) is 41.2 Å². The molecule has 0 aliphatic heterocycles. The van der Waals surface area contributed by atoms with Gasteiger partial charge in [-0.2, -0.15) is 0 Å². The molecule has 0 aliphatic carbocycles. The third-order valence-electron chi connectivity index (χ3n) is 2.80. The summed E-state index contributed by atoms with van der Waals surface area (Å²) in [4.78, 5) is 24.4. The Kier molecular flexibility index (Phi) is 4.22. The first-order chi connectivity index (χ1) is 9.97. The molecule has 0 bridgehead atoms. The number of amides is 2. The molecule has 0 atom stereocenters. The van der Waals surface area contributed by atoms with Gasteiger partial charge in [-0.15, -0.1) is 0 Å². The number of urea groups is 1. The van der Waals surface area contributed by atoms with Crippen molar-refractivity contribution in [3.05, 3.63) is 53.7 Å². The van der Waals surface area contributed by atoms with E-state index in [2.05, 4.69) is 5.32 Å². The fraction of sp³-hybridized carbons (Fsp3) is 0.143. The highest BCUT2D eigenvalue weighted by molar-refractivity contribution is 5.99. The van der Waals surface area contributed by atoms with E-state index in [0.717, 1.165) is 23.8 Å². The molecule has 0 aliphatic rings. The lowest BCUT2D eigenvalue weighted by Gasteiger charge is -2.18. The number of anilines is 1. The van der Waals surface area contributed by atoms with Crippen LogP contribution in [-0.4, -0.2) is 29.1 Å². The Morgan fingerprint density at radius 1 is 1.38 bits per heavy atom. The van der Waals surface area contributed by atoms with E-state index in [1.54, 1.807) is 6.07 Å². The lowest BCUT2D eigenvalue weighted by Crippen LogP contribution is -2.31. The number of carbonyl (C=O) groups is 2. The van der Waals surface area contributed by atoms with Crippen LogP contribution in [-0.2, 0) is 6.54 Å². The average molecular weight is 292 g/mol. The number of nitrogens with zero attached hydrogens (tertiary/aromatic N) is 1. The van der Waals surface area contributed by atoms with E-state index in [0.29, 0.717) is 0 Å². The summed E-state index contributed by atoms with van der Waals surface area (Å²) in [5.41, 5.74) is 0.512. The third kappa shape index (κ3) is 3.59. The summed E-state index contributed by atoms with van der Waals surface area (Å²) >= 11 is 0. The van der Waals surface area contributed by atoms with Gasteiger partial charge in [0.15, 0.2) is 0 Å². The van der Waals surface area contributed by atoms with Crippen LogP contribution in [0, 0.1) is 5.82 Å². The van der Waals surface area contributed by atoms with Crippen LogP contribution in [0.1, 0.15) is 15.9 Å². The largest absolute Gasteiger partial charge is 0.478 e. The summed E-state index contributed by atoms with van der Waals surface area (Å²) in [7, 11) is 1.53. The Hall–Kier alpha value is -2.83. The van der Waals surface area contributed by atoms with Gasteiger partial charge < -0.3 is 19.7 Å². The van der Waals surface area contributed by atoms with Crippen molar-refractivity contribution in [3.8, 4) is 0 Å². The van der Waals surface area contributed by atoms with Gasteiger partial charge in [-0.25, -0.2) is 14.0 Å². The van der Waals surface area contributed by atoms with E-state index in [-0.39, 0.29) is 17.8 Å². The first kappa shape index (κ1) is 14.6. The van der Waals surface area contributed by atoms with Crippen molar-refractivity contribution in [2.24, 2.45) is 0 Å². The standard InChI is InChI=1S/C14H13FN2O4/c1-17(7-9-4-5-21-8-9)14(20)16-12-6-10(15)2-3-11(12)13(18)19/h2-6,8H,7H2,1H3,(H,16,20)(H,18,19). The predicted molar refractivity (Wildman–Crippen MR) is 72.6 cm³/mol. The number of carboxylic acid groups (broad SMARTS) is 1. The van der Waals surface area contributed by atoms with Crippen LogP contribution in [0.5, 0.6) is 0 Å². The zero-order valence-electron chi connectivity index (χ0n) is 11.2. The molecule has 0 saturated heterocycles. The first-order valence-corrected chi connectivity index (χ1v) is 6.03. The van der Waals surface area contributed by atoms with Crippen LogP contribution < -0.4 is 5.32 Å². The van der Waals surface area contributed by atoms with Gasteiger partial charge >= 0.3 is 12.0 Å². The van der Waals surface area contributed by atoms with Crippen molar-refractivity contribution in [1.29, 1.82) is 0 Å². The zero-order chi connectivity index (χ0) is 15.4. The maximum atomic E-state index is 13.2. The average Bonchev–Trinajstić information content (AvgIpc) is 2.91. The molecule has 1 aromatic heterocycles. The zero-order valence-corrected chi connectivity index (χ0v) is 11.2. The lowest BCUT2D eigenvalue weighted by molar-refractivity contribution is 0.0698. The second-order valence-corrected chi connectivity index (χ2v) is 4.41. The molecule has 110 valence electrons. The lowest BCUT2D eigenvalue weighted by atomic mass is 10.2. The Labute approximate surface area is 119 Å². The van der Waals surface area contributed by atoms with Crippen LogP contribution in [0.3, 0.4) is 0 Å². The molecular formula is C14H13FN2O4. The molecule has 21 heavy (non-hydrogen) atoms. The minimum Gasteiger partial charge on any atom is -0.478 e. The van der Waals surface area contributed by atoms with Crippen molar-refractivity contribution >= 4 is 17.7 Å². The highest BCUT2D eigenvalue weighted by atomic mass is 19.1. The predicted octanol–water partition coefficient (Wildman–Crippen LogP) is 2.78. The number of carboxylic acids is 1. The van der Waals surface area contributed by atoms with E-state index < -0.39 is 17.8 Å². The SMILES string of the molecule is CN(Cc1ccoc1)C(=O)Nc1cc(F)ccc1C(=O)O. The van der Waals surface area contributed by atoms with Gasteiger partial charge in [0, 0.05) is 12.6 Å². The Bertz CT molecular complexity index is 655. The van der Waals surface area contributed by atoms with Crippen molar-refractivity contribution < 1.29 is 23.5 Å². The first-order valence-electron chi connectivity index (χ1n) is 6.03. The normalized spacial score (nSPS) is 10.2. The van der Waals surface area contributed by atoms with E-state index in [4.69, 9.17) is 9.52 Å². The Balaban J connectivity index is 2.11. The molecule has 0 radical (unpaired) electrons. The Morgan fingerprint density at radius 2 is 2.14 bits per heavy atom. The molecular weight excluding hydrogens is 279 g/mol. The van der Waals surface area contributed by atoms with Crippen LogP contribution >= 0.6 is 0 Å². The van der Waals surface area contributed by atoms with Gasteiger partial charge in [0.05, 0.1) is 30.3 Å². The highest BCUT2D eigenvalue weighted by Crippen LogP contribution is 2.18. The van der Waals surface area contributed by atoms with E-state index in [9.17, 15) is 14.0 Å². The summed E-state index contributed by atoms with van der Waals surface area (Å²) in [6.45, 7) is 0.278. The summed E-state index contributed by atoms with van der Waals surface area (Å²) in [6, 6.07) is 4.24. The molecule has 2 N–H and O–H groups in total. The van der Waals surface area contributed by atoms with Gasteiger partial charge in [0.1, 0.15) is 5.82 Å². The molecule has 0 fully saturated rings. The number of hydrogen-bond acceptors (Lipinski definition) is 3. The van der Waals surface area contributed by atoms with E-state index in [1.165, 1.54) is 24.5 Å². The number of halogens is 1. The van der Waals surface area contributed by atoms with Crippen molar-refractivity contribution in [1.82, 2.24) is 4.90 Å². The van der Waals surface area contributed by atoms with E-state index in [1.807, 2.05) is 0 Å². The third-order valence-corrected chi connectivity index (χ3v) is 2.80. The molecule has 1 aromatic carbocycles. The summed E-state index contributed by atoms with van der Waals surface area (Å²) in [6.07, 6.45) is 2.98. The quantitative estimate of drug-likeness (QED) is 0.907. The summed E-state index contributed by atoms with van der Waals surface area (Å²) in [5, 5.41) is 11.4. The number of furan rings is 1. The molecule has 0 saturated carbocycles. The second kappa shape index (κ2) is 6.08. The van der Waals surface area contributed by atoms with Gasteiger partial charge in [-0.05, 0) is 24.3 Å². The number of rotatable bonds is 4. The fourth-order valence-corrected chi connectivity index (χ4v) is 1.75. The number of nitrogens with one attached hydrogen (secondary N) is 1. The number of benzene rings is 1. The molecule has 0 spiro atoms. The van der Waals surface area contributed by atoms with Crippen LogP contribution in [0.2, 0.25) is 0 Å². The van der Waals surface area contributed by atoms with Crippen LogP contribution in [0.25, 0.3) is 0 Å². The van der Waals surface area contributed by atoms with Gasteiger partial charge in [-0.1, -0.05) is 0 Å². The molecule has 2 amide bonds. The maximum absolute atomic E-state index is 13.2. The maximum Gasteiger partial charge on any atom is 0.337 e. The van der Waals surface area contributed by atoms with Gasteiger partial charge in [0.25, 0.3) is 0 Å². The second-order valence-electron chi connectivity index (χ2n) is 4.41. The fourth-order valence-electron chi connectivity index (χ4n) is 1.75. The molecule has 2 aromatic rings. The minimum absolute atomic E-state index is 0.0912.